The van der Waals surface area contributed by atoms with Crippen LogP contribution in [0.3, 0.4) is 0 Å². The van der Waals surface area contributed by atoms with Gasteiger partial charge in [0.1, 0.15) is 5.75 Å². The SMILES string of the molecule is COc1ccc(Cl)cc1NC(=O)[C@H](C)OC(=O)c1cc(S(=O)(=O)N(C)C)ccc1Cl. The van der Waals surface area contributed by atoms with Crippen LogP contribution in [-0.2, 0) is 19.6 Å². The molecule has 0 bridgehead atoms. The number of carbonyl (C=O) groups excluding carboxylic acids is 2. The van der Waals surface area contributed by atoms with Crippen LogP contribution < -0.4 is 10.1 Å². The Morgan fingerprint density at radius 3 is 2.37 bits per heavy atom. The van der Waals surface area contributed by atoms with Crippen LogP contribution in [-0.4, -0.2) is 51.9 Å². The van der Waals surface area contributed by atoms with Crippen molar-refractivity contribution in [2.75, 3.05) is 26.5 Å². The molecular formula is C19H20Cl2N2O6S. The molecule has 0 unspecified atom stereocenters. The number of benzene rings is 2. The number of ether oxygens (including phenoxy) is 2. The number of amides is 1. The summed E-state index contributed by atoms with van der Waals surface area (Å²) in [4.78, 5) is 24.8. The maximum Gasteiger partial charge on any atom is 0.340 e. The number of carbonyl (C=O) groups is 2. The highest BCUT2D eigenvalue weighted by atomic mass is 35.5. The molecular weight excluding hydrogens is 455 g/mol. The van der Waals surface area contributed by atoms with Gasteiger partial charge in [-0.15, -0.1) is 0 Å². The van der Waals surface area contributed by atoms with Crippen LogP contribution in [0.25, 0.3) is 0 Å². The van der Waals surface area contributed by atoms with Gasteiger partial charge in [0, 0.05) is 19.1 Å². The lowest BCUT2D eigenvalue weighted by Crippen LogP contribution is -2.30. The Labute approximate surface area is 184 Å². The molecule has 0 aliphatic heterocycles. The van der Waals surface area contributed by atoms with Gasteiger partial charge in [0.2, 0.25) is 10.0 Å². The highest BCUT2D eigenvalue weighted by Crippen LogP contribution is 2.28. The second-order valence-electron chi connectivity index (χ2n) is 6.31. The first-order valence-corrected chi connectivity index (χ1v) is 10.7. The molecule has 30 heavy (non-hydrogen) atoms. The van der Waals surface area contributed by atoms with Crippen LogP contribution in [0.15, 0.2) is 41.3 Å². The normalized spacial score (nSPS) is 12.4. The molecule has 0 saturated carbocycles. The average Bonchev–Trinajstić information content (AvgIpc) is 2.68. The molecule has 1 amide bonds. The minimum absolute atomic E-state index is 0.0122. The number of hydrogen-bond donors (Lipinski definition) is 1. The van der Waals surface area contributed by atoms with Crippen LogP contribution in [0.1, 0.15) is 17.3 Å². The standard InChI is InChI=1S/C19H20Cl2N2O6S/c1-11(18(24)22-16-9-12(20)5-8-17(16)28-4)29-19(25)14-10-13(6-7-15(14)21)30(26,27)23(2)3/h5-11H,1-4H3,(H,22,24)/t11-/m0/s1. The minimum Gasteiger partial charge on any atom is -0.495 e. The summed E-state index contributed by atoms with van der Waals surface area (Å²) in [7, 11) is 0.363. The van der Waals surface area contributed by atoms with E-state index in [4.69, 9.17) is 32.7 Å². The zero-order valence-electron chi connectivity index (χ0n) is 16.6. The molecule has 2 rings (SSSR count). The van der Waals surface area contributed by atoms with Crippen LogP contribution >= 0.6 is 23.2 Å². The third-order valence-electron chi connectivity index (χ3n) is 4.01. The summed E-state index contributed by atoms with van der Waals surface area (Å²) in [5.41, 5.74) is 0.120. The van der Waals surface area contributed by atoms with E-state index in [0.29, 0.717) is 16.5 Å². The molecule has 0 aromatic heterocycles. The van der Waals surface area contributed by atoms with Gasteiger partial charge in [-0.05, 0) is 43.3 Å². The number of sulfonamides is 1. The third kappa shape index (κ3) is 5.42. The van der Waals surface area contributed by atoms with Crippen molar-refractivity contribution in [2.24, 2.45) is 0 Å². The molecule has 0 aliphatic carbocycles. The van der Waals surface area contributed by atoms with E-state index < -0.39 is 28.0 Å². The molecule has 2 aromatic rings. The fourth-order valence-electron chi connectivity index (χ4n) is 2.32. The van der Waals surface area contributed by atoms with Crippen molar-refractivity contribution in [1.82, 2.24) is 4.31 Å². The monoisotopic (exact) mass is 474 g/mol. The molecule has 162 valence electrons. The Balaban J connectivity index is 2.20. The Bertz CT molecular complexity index is 1070. The van der Waals surface area contributed by atoms with Crippen molar-refractivity contribution in [2.45, 2.75) is 17.9 Å². The van der Waals surface area contributed by atoms with Crippen LogP contribution in [0.5, 0.6) is 5.75 Å². The number of anilines is 1. The van der Waals surface area contributed by atoms with E-state index >= 15 is 0 Å². The molecule has 0 saturated heterocycles. The summed E-state index contributed by atoms with van der Waals surface area (Å²) in [5.74, 6) is -1.22. The second kappa shape index (κ2) is 9.65. The van der Waals surface area contributed by atoms with E-state index in [2.05, 4.69) is 5.32 Å². The predicted molar refractivity (Wildman–Crippen MR) is 114 cm³/mol. The lowest BCUT2D eigenvalue weighted by atomic mass is 10.2. The Kier molecular flexibility index (Phi) is 7.70. The summed E-state index contributed by atoms with van der Waals surface area (Å²) in [6.07, 6.45) is -1.22. The summed E-state index contributed by atoms with van der Waals surface area (Å²) in [6.45, 7) is 1.36. The summed E-state index contributed by atoms with van der Waals surface area (Å²) in [5, 5.41) is 2.93. The highest BCUT2D eigenvalue weighted by molar-refractivity contribution is 7.89. The highest BCUT2D eigenvalue weighted by Gasteiger charge is 2.25. The average molecular weight is 475 g/mol. The van der Waals surface area contributed by atoms with Crippen molar-refractivity contribution in [1.29, 1.82) is 0 Å². The molecule has 0 radical (unpaired) electrons. The number of hydrogen-bond acceptors (Lipinski definition) is 6. The van der Waals surface area contributed by atoms with Crippen LogP contribution in [0.2, 0.25) is 10.0 Å². The molecule has 1 atom stereocenters. The second-order valence-corrected chi connectivity index (χ2v) is 9.31. The van der Waals surface area contributed by atoms with E-state index in [1.54, 1.807) is 12.1 Å². The minimum atomic E-state index is -3.79. The Hall–Kier alpha value is -2.33. The van der Waals surface area contributed by atoms with E-state index in [-0.39, 0.29) is 15.5 Å². The summed E-state index contributed by atoms with van der Waals surface area (Å²) in [6, 6.07) is 8.30. The molecule has 0 spiro atoms. The lowest BCUT2D eigenvalue weighted by Gasteiger charge is -2.16. The molecule has 2 aromatic carbocycles. The molecule has 1 N–H and O–H groups in total. The topological polar surface area (TPSA) is 102 Å². The number of nitrogens with zero attached hydrogens (tertiary/aromatic N) is 1. The first-order valence-electron chi connectivity index (χ1n) is 8.54. The fraction of sp³-hybridized carbons (Fsp3) is 0.263. The van der Waals surface area contributed by atoms with Gasteiger partial charge < -0.3 is 14.8 Å². The van der Waals surface area contributed by atoms with Crippen molar-refractivity contribution in [3.8, 4) is 5.75 Å². The Morgan fingerprint density at radius 2 is 1.77 bits per heavy atom. The fourth-order valence-corrected chi connectivity index (χ4v) is 3.62. The molecule has 11 heteroatoms. The molecule has 0 aliphatic rings. The largest absolute Gasteiger partial charge is 0.495 e. The maximum atomic E-state index is 12.5. The summed E-state index contributed by atoms with van der Waals surface area (Å²) < 4.78 is 35.9. The number of methoxy groups -OCH3 is 1. The smallest absolute Gasteiger partial charge is 0.340 e. The van der Waals surface area contributed by atoms with Gasteiger partial charge in [0.25, 0.3) is 5.91 Å². The number of halogens is 2. The number of esters is 1. The predicted octanol–water partition coefficient (Wildman–Crippen LogP) is 3.44. The van der Waals surface area contributed by atoms with Gasteiger partial charge in [0.05, 0.1) is 28.3 Å². The maximum absolute atomic E-state index is 12.5. The molecule has 8 nitrogen and oxygen atoms in total. The van der Waals surface area contributed by atoms with Crippen molar-refractivity contribution < 1.29 is 27.5 Å². The van der Waals surface area contributed by atoms with Gasteiger partial charge in [-0.25, -0.2) is 17.5 Å². The van der Waals surface area contributed by atoms with Gasteiger partial charge in [-0.2, -0.15) is 0 Å². The van der Waals surface area contributed by atoms with E-state index in [9.17, 15) is 18.0 Å². The molecule has 0 heterocycles. The summed E-state index contributed by atoms with van der Waals surface area (Å²) >= 11 is 12.0. The third-order valence-corrected chi connectivity index (χ3v) is 6.38. The quantitative estimate of drug-likeness (QED) is 0.616. The van der Waals surface area contributed by atoms with Crippen LogP contribution in [0.4, 0.5) is 5.69 Å². The number of rotatable bonds is 7. The first-order chi connectivity index (χ1) is 14.0. The Morgan fingerprint density at radius 1 is 1.10 bits per heavy atom. The zero-order chi connectivity index (χ0) is 22.6. The van der Waals surface area contributed by atoms with E-state index in [0.717, 1.165) is 10.4 Å². The van der Waals surface area contributed by atoms with Gasteiger partial charge in [-0.3, -0.25) is 4.79 Å². The lowest BCUT2D eigenvalue weighted by molar-refractivity contribution is -0.123. The van der Waals surface area contributed by atoms with Gasteiger partial charge in [-0.1, -0.05) is 23.2 Å². The van der Waals surface area contributed by atoms with Crippen molar-refractivity contribution in [3.05, 3.63) is 52.0 Å². The van der Waals surface area contributed by atoms with Crippen LogP contribution in [0, 0.1) is 0 Å². The van der Waals surface area contributed by atoms with Crippen molar-refractivity contribution >= 4 is 50.8 Å². The van der Waals surface area contributed by atoms with E-state index in [1.807, 2.05) is 0 Å². The van der Waals surface area contributed by atoms with Gasteiger partial charge >= 0.3 is 5.97 Å². The van der Waals surface area contributed by atoms with Crippen molar-refractivity contribution in [3.63, 3.8) is 0 Å². The zero-order valence-corrected chi connectivity index (χ0v) is 18.9. The number of nitrogens with one attached hydrogen (secondary N) is 1. The molecule has 0 fully saturated rings. The van der Waals surface area contributed by atoms with Gasteiger partial charge in [0.15, 0.2) is 6.10 Å². The van der Waals surface area contributed by atoms with E-state index in [1.165, 1.54) is 46.3 Å². The first kappa shape index (κ1) is 23.9.